The van der Waals surface area contributed by atoms with Gasteiger partial charge in [0.25, 0.3) is 0 Å². The lowest BCUT2D eigenvalue weighted by molar-refractivity contribution is 0.266. The van der Waals surface area contributed by atoms with Crippen LogP contribution in [-0.2, 0) is 13.2 Å². The van der Waals surface area contributed by atoms with Gasteiger partial charge < -0.3 is 14.8 Å². The lowest BCUT2D eigenvalue weighted by Crippen LogP contribution is -2.05. The molecule has 0 saturated heterocycles. The van der Waals surface area contributed by atoms with Crippen molar-refractivity contribution < 1.29 is 13.9 Å². The fourth-order valence-electron chi connectivity index (χ4n) is 2.89. The molecule has 1 N–H and O–H groups in total. The summed E-state index contributed by atoms with van der Waals surface area (Å²) in [5, 5.41) is 4.48. The van der Waals surface area contributed by atoms with Gasteiger partial charge in [0.2, 0.25) is 0 Å². The maximum Gasteiger partial charge on any atom is 0.180 e. The normalized spacial score (nSPS) is 10.7. The number of rotatable bonds is 8. The topological polar surface area (TPSA) is 30.5 Å². The van der Waals surface area contributed by atoms with Crippen LogP contribution in [0.15, 0.2) is 54.6 Å². The van der Waals surface area contributed by atoms with Gasteiger partial charge in [-0.3, -0.25) is 0 Å². The van der Waals surface area contributed by atoms with E-state index in [-0.39, 0.29) is 12.4 Å². The molecule has 3 aromatic rings. The van der Waals surface area contributed by atoms with E-state index in [1.807, 2.05) is 44.2 Å². The summed E-state index contributed by atoms with van der Waals surface area (Å²) in [5.74, 6) is 0.606. The molecule has 3 aromatic carbocycles. The van der Waals surface area contributed by atoms with Crippen LogP contribution in [0.4, 0.5) is 10.1 Å². The molecule has 0 radical (unpaired) electrons. The molecule has 0 heterocycles. The van der Waals surface area contributed by atoms with Gasteiger partial charge in [-0.2, -0.15) is 0 Å². The first kappa shape index (κ1) is 21.3. The highest BCUT2D eigenvalue weighted by molar-refractivity contribution is 6.32. The number of anilines is 1. The Kier molecular flexibility index (Phi) is 7.24. The van der Waals surface area contributed by atoms with Crippen molar-refractivity contribution in [2.24, 2.45) is 0 Å². The number of ether oxygens (including phenoxy) is 2. The molecule has 0 aromatic heterocycles. The standard InChI is InChI=1S/C23H22Cl2FNO2/c1-3-28-22-12-16(13-27-21-10-6-8-18(24)15(21)2)11-19(25)23(22)29-14-17-7-4-5-9-20(17)26/h4-12,27H,3,13-14H2,1-2H3. The van der Waals surface area contributed by atoms with E-state index in [1.54, 1.807) is 18.2 Å². The van der Waals surface area contributed by atoms with E-state index >= 15 is 0 Å². The average molecular weight is 434 g/mol. The van der Waals surface area contributed by atoms with E-state index in [9.17, 15) is 4.39 Å². The van der Waals surface area contributed by atoms with Crippen molar-refractivity contribution in [1.29, 1.82) is 0 Å². The number of halogens is 3. The maximum absolute atomic E-state index is 13.9. The molecule has 0 unspecified atom stereocenters. The lowest BCUT2D eigenvalue weighted by Gasteiger charge is -2.16. The molecule has 0 amide bonds. The Balaban J connectivity index is 1.78. The highest BCUT2D eigenvalue weighted by Gasteiger charge is 2.14. The molecule has 0 atom stereocenters. The van der Waals surface area contributed by atoms with Crippen molar-refractivity contribution in [3.63, 3.8) is 0 Å². The Labute approximate surface area is 180 Å². The molecule has 0 aliphatic heterocycles. The van der Waals surface area contributed by atoms with Gasteiger partial charge in [0.1, 0.15) is 12.4 Å². The minimum atomic E-state index is -0.320. The van der Waals surface area contributed by atoms with Gasteiger partial charge >= 0.3 is 0 Å². The van der Waals surface area contributed by atoms with Gasteiger partial charge in [-0.05, 0) is 55.3 Å². The SMILES string of the molecule is CCOc1cc(CNc2cccc(Cl)c2C)cc(Cl)c1OCc1ccccc1F. The minimum Gasteiger partial charge on any atom is -0.490 e. The van der Waals surface area contributed by atoms with E-state index in [0.717, 1.165) is 16.8 Å². The summed E-state index contributed by atoms with van der Waals surface area (Å²) in [6.07, 6.45) is 0. The van der Waals surface area contributed by atoms with Gasteiger partial charge in [0, 0.05) is 22.8 Å². The van der Waals surface area contributed by atoms with E-state index in [0.29, 0.717) is 40.3 Å². The number of benzene rings is 3. The number of nitrogens with one attached hydrogen (secondary N) is 1. The minimum absolute atomic E-state index is 0.0613. The molecule has 0 bridgehead atoms. The Morgan fingerprint density at radius 3 is 2.52 bits per heavy atom. The van der Waals surface area contributed by atoms with Crippen molar-refractivity contribution in [2.75, 3.05) is 11.9 Å². The van der Waals surface area contributed by atoms with Crippen LogP contribution in [0, 0.1) is 12.7 Å². The fourth-order valence-corrected chi connectivity index (χ4v) is 3.35. The molecule has 0 fully saturated rings. The third-order valence-corrected chi connectivity index (χ3v) is 5.14. The fraction of sp³-hybridized carbons (Fsp3) is 0.217. The predicted octanol–water partition coefficient (Wildman–Crippen LogP) is 7.03. The molecule has 0 aliphatic rings. The zero-order valence-electron chi connectivity index (χ0n) is 16.3. The Bertz CT molecular complexity index is 995. The first-order valence-electron chi connectivity index (χ1n) is 9.30. The third kappa shape index (κ3) is 5.34. The van der Waals surface area contributed by atoms with Crippen molar-refractivity contribution in [1.82, 2.24) is 0 Å². The van der Waals surface area contributed by atoms with Crippen LogP contribution >= 0.6 is 23.2 Å². The van der Waals surface area contributed by atoms with E-state index < -0.39 is 0 Å². The van der Waals surface area contributed by atoms with E-state index in [1.165, 1.54) is 6.07 Å². The van der Waals surface area contributed by atoms with Gasteiger partial charge in [-0.25, -0.2) is 4.39 Å². The van der Waals surface area contributed by atoms with Crippen LogP contribution in [0.5, 0.6) is 11.5 Å². The van der Waals surface area contributed by atoms with Crippen molar-refractivity contribution in [3.05, 3.63) is 87.2 Å². The zero-order chi connectivity index (χ0) is 20.8. The predicted molar refractivity (Wildman–Crippen MR) is 117 cm³/mol. The van der Waals surface area contributed by atoms with Gasteiger partial charge in [0.15, 0.2) is 11.5 Å². The Hall–Kier alpha value is -2.43. The second kappa shape index (κ2) is 9.86. The summed E-state index contributed by atoms with van der Waals surface area (Å²) in [6, 6.07) is 15.9. The summed E-state index contributed by atoms with van der Waals surface area (Å²) < 4.78 is 25.4. The van der Waals surface area contributed by atoms with Crippen molar-refractivity contribution in [2.45, 2.75) is 27.0 Å². The highest BCUT2D eigenvalue weighted by Crippen LogP contribution is 2.37. The van der Waals surface area contributed by atoms with Gasteiger partial charge in [-0.15, -0.1) is 0 Å². The van der Waals surface area contributed by atoms with Crippen molar-refractivity contribution >= 4 is 28.9 Å². The Morgan fingerprint density at radius 1 is 0.966 bits per heavy atom. The van der Waals surface area contributed by atoms with Crippen LogP contribution in [-0.4, -0.2) is 6.61 Å². The lowest BCUT2D eigenvalue weighted by atomic mass is 10.1. The second-order valence-corrected chi connectivity index (χ2v) is 7.30. The van der Waals surface area contributed by atoms with E-state index in [2.05, 4.69) is 5.32 Å². The van der Waals surface area contributed by atoms with Gasteiger partial charge in [0.05, 0.1) is 11.6 Å². The summed E-state index contributed by atoms with van der Waals surface area (Å²) in [4.78, 5) is 0. The summed E-state index contributed by atoms with van der Waals surface area (Å²) in [7, 11) is 0. The first-order chi connectivity index (χ1) is 14.0. The Morgan fingerprint density at radius 2 is 1.76 bits per heavy atom. The average Bonchev–Trinajstić information content (AvgIpc) is 2.70. The molecule has 0 saturated carbocycles. The molecular formula is C23H22Cl2FNO2. The summed E-state index contributed by atoms with van der Waals surface area (Å²) in [5.41, 5.74) is 3.31. The molecule has 3 rings (SSSR count). The van der Waals surface area contributed by atoms with Crippen molar-refractivity contribution in [3.8, 4) is 11.5 Å². The molecular weight excluding hydrogens is 412 g/mol. The summed E-state index contributed by atoms with van der Waals surface area (Å²) >= 11 is 12.6. The van der Waals surface area contributed by atoms with Crippen LogP contribution in [0.2, 0.25) is 10.0 Å². The number of hydrogen-bond acceptors (Lipinski definition) is 3. The first-order valence-corrected chi connectivity index (χ1v) is 10.1. The molecule has 29 heavy (non-hydrogen) atoms. The molecule has 6 heteroatoms. The van der Waals surface area contributed by atoms with Crippen LogP contribution in [0.3, 0.4) is 0 Å². The zero-order valence-corrected chi connectivity index (χ0v) is 17.8. The smallest absolute Gasteiger partial charge is 0.180 e. The monoisotopic (exact) mass is 433 g/mol. The molecule has 3 nitrogen and oxygen atoms in total. The molecule has 152 valence electrons. The van der Waals surface area contributed by atoms with Crippen LogP contribution < -0.4 is 14.8 Å². The summed E-state index contributed by atoms with van der Waals surface area (Å²) in [6.45, 7) is 4.90. The second-order valence-electron chi connectivity index (χ2n) is 6.48. The maximum atomic E-state index is 13.9. The number of hydrogen-bond donors (Lipinski definition) is 1. The quantitative estimate of drug-likeness (QED) is 0.413. The molecule has 0 aliphatic carbocycles. The highest BCUT2D eigenvalue weighted by atomic mass is 35.5. The third-order valence-electron chi connectivity index (χ3n) is 4.45. The molecule has 0 spiro atoms. The van der Waals surface area contributed by atoms with Crippen LogP contribution in [0.25, 0.3) is 0 Å². The largest absolute Gasteiger partial charge is 0.490 e. The van der Waals surface area contributed by atoms with Gasteiger partial charge in [-0.1, -0.05) is 47.5 Å². The van der Waals surface area contributed by atoms with E-state index in [4.69, 9.17) is 32.7 Å². The van der Waals surface area contributed by atoms with Crippen LogP contribution in [0.1, 0.15) is 23.6 Å².